The summed E-state index contributed by atoms with van der Waals surface area (Å²) in [4.78, 5) is 5.86. The summed E-state index contributed by atoms with van der Waals surface area (Å²) in [5.74, 6) is 1.97. The van der Waals surface area contributed by atoms with Crippen LogP contribution in [0.5, 0.6) is 11.5 Å². The van der Waals surface area contributed by atoms with Gasteiger partial charge in [-0.05, 0) is 78.7 Å². The predicted octanol–water partition coefficient (Wildman–Crippen LogP) is 6.83. The average molecular weight is 479 g/mol. The second-order valence-electron chi connectivity index (χ2n) is 10.7. The number of nitrogens with zero attached hydrogens (tertiary/aromatic N) is 2. The highest BCUT2D eigenvalue weighted by Gasteiger charge is 2.49. The normalized spacial score (nSPS) is 27.5. The van der Waals surface area contributed by atoms with Gasteiger partial charge in [0.25, 0.3) is 0 Å². The van der Waals surface area contributed by atoms with E-state index in [1.807, 2.05) is 13.0 Å². The van der Waals surface area contributed by atoms with E-state index in [2.05, 4.69) is 62.3 Å². The molecule has 6 nitrogen and oxygen atoms in total. The van der Waals surface area contributed by atoms with Crippen LogP contribution in [0.3, 0.4) is 0 Å². The number of ether oxygens (including phenoxy) is 1. The maximum absolute atomic E-state index is 10.5. The summed E-state index contributed by atoms with van der Waals surface area (Å²) in [6.45, 7) is 11.1. The lowest BCUT2D eigenvalue weighted by Crippen LogP contribution is -2.46. The molecule has 0 heterocycles. The molecule has 0 radical (unpaired) electrons. The quantitative estimate of drug-likeness (QED) is 0.271. The Balaban J connectivity index is 1.66. The molecule has 2 aliphatic rings. The summed E-state index contributed by atoms with van der Waals surface area (Å²) < 4.78 is 5.44. The van der Waals surface area contributed by atoms with E-state index in [4.69, 9.17) is 9.57 Å². The molecule has 0 aromatic heterocycles. The average Bonchev–Trinajstić information content (AvgIpc) is 2.86. The van der Waals surface area contributed by atoms with Gasteiger partial charge < -0.3 is 19.9 Å². The van der Waals surface area contributed by atoms with Crippen LogP contribution in [0.15, 0.2) is 46.7 Å². The van der Waals surface area contributed by atoms with Crippen LogP contribution in [0.4, 0.5) is 0 Å². The minimum atomic E-state index is -0.182. The van der Waals surface area contributed by atoms with Crippen molar-refractivity contribution in [2.75, 3.05) is 7.11 Å². The number of methoxy groups -OCH3 is 1. The van der Waals surface area contributed by atoms with Crippen molar-refractivity contribution in [2.45, 2.75) is 72.3 Å². The molecule has 0 spiro atoms. The minimum Gasteiger partial charge on any atom is -0.504 e. The Kier molecular flexibility index (Phi) is 7.11. The lowest BCUT2D eigenvalue weighted by atomic mass is 9.54. The summed E-state index contributed by atoms with van der Waals surface area (Å²) >= 11 is 0. The molecule has 4 rings (SSSR count). The number of hydrogen-bond acceptors (Lipinski definition) is 6. The molecule has 0 unspecified atom stereocenters. The second kappa shape index (κ2) is 9.92. The maximum Gasteiger partial charge on any atom is 0.160 e. The third kappa shape index (κ3) is 4.63. The van der Waals surface area contributed by atoms with Crippen molar-refractivity contribution >= 4 is 11.4 Å². The Morgan fingerprint density at radius 2 is 1.91 bits per heavy atom. The first-order valence-corrected chi connectivity index (χ1v) is 12.6. The molecule has 2 aromatic rings. The highest BCUT2D eigenvalue weighted by atomic mass is 16.6. The van der Waals surface area contributed by atoms with Crippen LogP contribution in [0.2, 0.25) is 0 Å². The molecule has 0 aliphatic heterocycles. The number of fused-ring (bicyclic) bond motifs is 3. The number of benzene rings is 2. The summed E-state index contributed by atoms with van der Waals surface area (Å²) in [5.41, 5.74) is 5.88. The van der Waals surface area contributed by atoms with Crippen molar-refractivity contribution in [2.24, 2.45) is 27.6 Å². The lowest BCUT2D eigenvalue weighted by molar-refractivity contribution is 0.102. The van der Waals surface area contributed by atoms with Gasteiger partial charge in [-0.3, -0.25) is 0 Å². The monoisotopic (exact) mass is 478 g/mol. The van der Waals surface area contributed by atoms with E-state index in [0.29, 0.717) is 30.1 Å². The van der Waals surface area contributed by atoms with E-state index >= 15 is 0 Å². The number of hydrogen-bond donors (Lipinski definition) is 2. The molecule has 0 bridgehead atoms. The van der Waals surface area contributed by atoms with Crippen molar-refractivity contribution in [3.63, 3.8) is 0 Å². The molecule has 4 atom stereocenters. The fourth-order valence-electron chi connectivity index (χ4n) is 5.96. The van der Waals surface area contributed by atoms with Crippen molar-refractivity contribution < 1.29 is 19.9 Å². The molecule has 35 heavy (non-hydrogen) atoms. The van der Waals surface area contributed by atoms with E-state index in [-0.39, 0.29) is 17.1 Å². The van der Waals surface area contributed by atoms with E-state index in [9.17, 15) is 10.3 Å². The van der Waals surface area contributed by atoms with E-state index < -0.39 is 0 Å². The summed E-state index contributed by atoms with van der Waals surface area (Å²) in [5, 5.41) is 28.3. The first-order chi connectivity index (χ1) is 16.7. The first-order valence-electron chi connectivity index (χ1n) is 12.6. The highest BCUT2D eigenvalue weighted by molar-refractivity contribution is 6.03. The van der Waals surface area contributed by atoms with Gasteiger partial charge in [-0.2, -0.15) is 0 Å². The van der Waals surface area contributed by atoms with Crippen molar-refractivity contribution in [1.29, 1.82) is 0 Å². The summed E-state index contributed by atoms with van der Waals surface area (Å²) in [6.07, 6.45) is 2.64. The molecule has 0 saturated heterocycles. The zero-order valence-electron chi connectivity index (χ0n) is 21.7. The predicted molar refractivity (Wildman–Crippen MR) is 139 cm³/mol. The van der Waals surface area contributed by atoms with Crippen LogP contribution in [0, 0.1) is 17.3 Å². The largest absolute Gasteiger partial charge is 0.504 e. The number of oxime groups is 2. The SMILES string of the molecule is COc1cc2c(cc1O)/C(=N/OCc1ccc(C(C)C)cc1)C[C@@H]1[C@@H]2CC[C@](C)(/C(C)=N/O)[C@H]1C. The molecule has 2 aliphatic carbocycles. The zero-order valence-corrected chi connectivity index (χ0v) is 21.7. The van der Waals surface area contributed by atoms with Crippen LogP contribution in [-0.4, -0.2) is 28.8 Å². The fraction of sp³-hybridized carbons (Fsp3) is 0.517. The van der Waals surface area contributed by atoms with Gasteiger partial charge in [0.05, 0.1) is 18.5 Å². The Morgan fingerprint density at radius 3 is 2.54 bits per heavy atom. The van der Waals surface area contributed by atoms with Gasteiger partial charge in [0.2, 0.25) is 0 Å². The smallest absolute Gasteiger partial charge is 0.160 e. The number of phenols is 1. The molecule has 188 valence electrons. The molecular formula is C29H38N2O4. The van der Waals surface area contributed by atoms with Gasteiger partial charge in [0, 0.05) is 11.0 Å². The number of aromatic hydroxyl groups is 1. The Labute approximate surface area is 208 Å². The molecule has 1 fully saturated rings. The van der Waals surface area contributed by atoms with Gasteiger partial charge in [0.1, 0.15) is 6.61 Å². The van der Waals surface area contributed by atoms with Crippen LogP contribution >= 0.6 is 0 Å². The highest BCUT2D eigenvalue weighted by Crippen LogP contribution is 2.56. The van der Waals surface area contributed by atoms with Crippen LogP contribution in [0.1, 0.15) is 88.0 Å². The van der Waals surface area contributed by atoms with Crippen molar-refractivity contribution in [3.05, 3.63) is 58.7 Å². The molecule has 6 heteroatoms. The summed E-state index contributed by atoms with van der Waals surface area (Å²) in [6, 6.07) is 12.2. The molecule has 2 aromatic carbocycles. The van der Waals surface area contributed by atoms with Crippen molar-refractivity contribution in [1.82, 2.24) is 0 Å². The summed E-state index contributed by atoms with van der Waals surface area (Å²) in [7, 11) is 1.58. The maximum atomic E-state index is 10.5. The minimum absolute atomic E-state index is 0.110. The topological polar surface area (TPSA) is 83.6 Å². The molecule has 1 saturated carbocycles. The van der Waals surface area contributed by atoms with Gasteiger partial charge in [-0.25, -0.2) is 0 Å². The number of phenolic OH excluding ortho intramolecular Hbond substituents is 1. The first kappa shape index (κ1) is 25.1. The van der Waals surface area contributed by atoms with Gasteiger partial charge in [-0.1, -0.05) is 62.3 Å². The zero-order chi connectivity index (χ0) is 25.3. The number of rotatable bonds is 6. The Morgan fingerprint density at radius 1 is 1.20 bits per heavy atom. The van der Waals surface area contributed by atoms with E-state index in [1.54, 1.807) is 13.2 Å². The van der Waals surface area contributed by atoms with Gasteiger partial charge in [-0.15, -0.1) is 0 Å². The van der Waals surface area contributed by atoms with Gasteiger partial charge in [0.15, 0.2) is 11.5 Å². The molecule has 0 amide bonds. The van der Waals surface area contributed by atoms with Crippen molar-refractivity contribution in [3.8, 4) is 11.5 Å². The van der Waals surface area contributed by atoms with Crippen LogP contribution < -0.4 is 4.74 Å². The third-order valence-corrected chi connectivity index (χ3v) is 8.66. The van der Waals surface area contributed by atoms with E-state index in [1.165, 1.54) is 5.56 Å². The van der Waals surface area contributed by atoms with E-state index in [0.717, 1.165) is 47.4 Å². The lowest BCUT2D eigenvalue weighted by Gasteiger charge is -2.50. The van der Waals surface area contributed by atoms with Crippen LogP contribution in [-0.2, 0) is 11.4 Å². The molecule has 2 N–H and O–H groups in total. The second-order valence-corrected chi connectivity index (χ2v) is 10.7. The van der Waals surface area contributed by atoms with Gasteiger partial charge >= 0.3 is 0 Å². The Bertz CT molecular complexity index is 1120. The van der Waals surface area contributed by atoms with Crippen LogP contribution in [0.25, 0.3) is 0 Å². The Hall–Kier alpha value is -3.02. The molecular weight excluding hydrogens is 440 g/mol. The fourth-order valence-corrected chi connectivity index (χ4v) is 5.96. The third-order valence-electron chi connectivity index (χ3n) is 8.66. The standard InChI is InChI=1S/C29H38N2O4/c1-17(2)21-9-7-20(8-10-21)16-35-31-26-13-23-18(3)29(5,19(4)30-33)12-11-22(23)24-15-28(34-6)27(32)14-25(24)26/h7-10,14-15,17-18,22-23,32-33H,11-13,16H2,1-6H3/b30-19+,31-26+/t18-,22-,23-,29-/m0/s1.